The van der Waals surface area contributed by atoms with Crippen LogP contribution in [0, 0.1) is 5.92 Å². The van der Waals surface area contributed by atoms with Gasteiger partial charge >= 0.3 is 0 Å². The zero-order valence-corrected chi connectivity index (χ0v) is 20.2. The minimum absolute atomic E-state index is 0.00418. The molecule has 8 heteroatoms. The van der Waals surface area contributed by atoms with E-state index in [1.54, 1.807) is 4.90 Å². The molecule has 0 fully saturated rings. The zero-order valence-electron chi connectivity index (χ0n) is 19.3. The van der Waals surface area contributed by atoms with Gasteiger partial charge in [-0.25, -0.2) is 0 Å². The summed E-state index contributed by atoms with van der Waals surface area (Å²) in [6, 6.07) is 19.9. The van der Waals surface area contributed by atoms with Gasteiger partial charge in [-0.05, 0) is 17.0 Å². The summed E-state index contributed by atoms with van der Waals surface area (Å²) in [5.74, 6) is 0.950. The van der Waals surface area contributed by atoms with Gasteiger partial charge in [-0.3, -0.25) is 9.59 Å². The minimum Gasteiger partial charge on any atom is -0.370 e. The third kappa shape index (κ3) is 6.68. The van der Waals surface area contributed by atoms with Crippen LogP contribution in [0.15, 0.2) is 65.8 Å². The Morgan fingerprint density at radius 3 is 2.09 bits per heavy atom. The zero-order chi connectivity index (χ0) is 23.8. The van der Waals surface area contributed by atoms with Crippen LogP contribution in [0.25, 0.3) is 0 Å². The highest BCUT2D eigenvalue weighted by Crippen LogP contribution is 2.29. The third-order valence-electron chi connectivity index (χ3n) is 5.27. The largest absolute Gasteiger partial charge is 0.370 e. The Bertz CT molecular complexity index is 1010. The summed E-state index contributed by atoms with van der Waals surface area (Å²) in [6.07, 6.45) is 0.659. The maximum atomic E-state index is 13.2. The highest BCUT2D eigenvalue weighted by Gasteiger charge is 2.24. The predicted molar refractivity (Wildman–Crippen MR) is 131 cm³/mol. The van der Waals surface area contributed by atoms with Gasteiger partial charge in [-0.1, -0.05) is 86.3 Å². The van der Waals surface area contributed by atoms with Crippen molar-refractivity contribution >= 4 is 23.6 Å². The van der Waals surface area contributed by atoms with Crippen molar-refractivity contribution in [1.29, 1.82) is 0 Å². The molecule has 1 heterocycles. The molecule has 33 heavy (non-hydrogen) atoms. The molecule has 0 atom stereocenters. The number of primary amides is 1. The van der Waals surface area contributed by atoms with E-state index in [4.69, 9.17) is 5.73 Å². The number of carbonyl (C=O) groups excluding carboxylic acids is 2. The van der Waals surface area contributed by atoms with E-state index in [0.29, 0.717) is 24.0 Å². The van der Waals surface area contributed by atoms with E-state index < -0.39 is 0 Å². The Hall–Kier alpha value is -3.13. The molecule has 2 aromatic carbocycles. The summed E-state index contributed by atoms with van der Waals surface area (Å²) in [7, 11) is 1.84. The molecule has 7 nitrogen and oxygen atoms in total. The summed E-state index contributed by atoms with van der Waals surface area (Å²) < 4.78 is 2.00. The molecule has 0 radical (unpaired) electrons. The van der Waals surface area contributed by atoms with Crippen molar-refractivity contribution in [2.45, 2.75) is 44.4 Å². The topological polar surface area (TPSA) is 94.1 Å². The van der Waals surface area contributed by atoms with E-state index in [2.05, 4.69) is 24.0 Å². The number of nitrogens with two attached hydrogens (primary N) is 1. The quantitative estimate of drug-likeness (QED) is 0.436. The van der Waals surface area contributed by atoms with Crippen molar-refractivity contribution in [2.24, 2.45) is 11.7 Å². The van der Waals surface area contributed by atoms with Gasteiger partial charge in [-0.2, -0.15) is 0 Å². The fraction of sp³-hybridized carbons (Fsp3) is 0.360. The number of carbonyl (C=O) groups is 2. The number of hydrogen-bond acceptors (Lipinski definition) is 5. The van der Waals surface area contributed by atoms with Crippen LogP contribution >= 0.6 is 11.8 Å². The number of hydrogen-bond donors (Lipinski definition) is 1. The van der Waals surface area contributed by atoms with Gasteiger partial charge in [0, 0.05) is 26.4 Å². The van der Waals surface area contributed by atoms with E-state index in [1.165, 1.54) is 11.8 Å². The number of amides is 2. The van der Waals surface area contributed by atoms with Crippen LogP contribution < -0.4 is 5.73 Å². The van der Waals surface area contributed by atoms with Crippen LogP contribution in [0.4, 0.5) is 0 Å². The number of thioether (sulfide) groups is 1. The van der Waals surface area contributed by atoms with E-state index in [-0.39, 0.29) is 30.0 Å². The smallest absolute Gasteiger partial charge is 0.233 e. The fourth-order valence-electron chi connectivity index (χ4n) is 3.68. The van der Waals surface area contributed by atoms with Gasteiger partial charge in [-0.15, -0.1) is 10.2 Å². The Balaban J connectivity index is 1.77. The van der Waals surface area contributed by atoms with Crippen LogP contribution in [0.1, 0.15) is 43.3 Å². The molecule has 1 aromatic heterocycles. The second kappa shape index (κ2) is 11.7. The summed E-state index contributed by atoms with van der Waals surface area (Å²) in [6.45, 7) is 4.93. The average Bonchev–Trinajstić information content (AvgIpc) is 3.18. The van der Waals surface area contributed by atoms with Gasteiger partial charge in [0.1, 0.15) is 5.82 Å². The fourth-order valence-corrected chi connectivity index (χ4v) is 4.57. The number of rotatable bonds is 11. The molecule has 0 saturated heterocycles. The number of aryl methyl sites for hydroxylation is 1. The SMILES string of the molecule is CC(C)Cn1c(CCC(N)=O)nnc1SCC(=O)N(C)C(c1ccccc1)c1ccccc1. The van der Waals surface area contributed by atoms with Gasteiger partial charge in [0.2, 0.25) is 11.8 Å². The third-order valence-corrected chi connectivity index (χ3v) is 6.22. The van der Waals surface area contributed by atoms with Crippen molar-refractivity contribution in [3.63, 3.8) is 0 Å². The lowest BCUT2D eigenvalue weighted by atomic mass is 9.97. The van der Waals surface area contributed by atoms with Crippen molar-refractivity contribution in [2.75, 3.05) is 12.8 Å². The van der Waals surface area contributed by atoms with Gasteiger partial charge < -0.3 is 15.2 Å². The highest BCUT2D eigenvalue weighted by atomic mass is 32.2. The molecule has 3 rings (SSSR count). The van der Waals surface area contributed by atoms with E-state index >= 15 is 0 Å². The Morgan fingerprint density at radius 2 is 1.58 bits per heavy atom. The van der Waals surface area contributed by atoms with Crippen LogP contribution in [-0.2, 0) is 22.6 Å². The molecule has 0 unspecified atom stereocenters. The van der Waals surface area contributed by atoms with Crippen LogP contribution in [0.2, 0.25) is 0 Å². The Labute approximate surface area is 199 Å². The van der Waals surface area contributed by atoms with Crippen molar-refractivity contribution in [3.05, 3.63) is 77.6 Å². The molecule has 2 amide bonds. The van der Waals surface area contributed by atoms with E-state index in [9.17, 15) is 9.59 Å². The molecule has 174 valence electrons. The van der Waals surface area contributed by atoms with Crippen molar-refractivity contribution in [1.82, 2.24) is 19.7 Å². The molecular weight excluding hydrogens is 434 g/mol. The summed E-state index contributed by atoms with van der Waals surface area (Å²) in [5, 5.41) is 9.23. The van der Waals surface area contributed by atoms with E-state index in [0.717, 1.165) is 17.0 Å². The lowest BCUT2D eigenvalue weighted by Crippen LogP contribution is -2.33. The molecule has 0 saturated carbocycles. The standard InChI is InChI=1S/C25H31N5O2S/c1-18(2)16-30-22(15-14-21(26)31)27-28-25(30)33-17-23(32)29(3)24(19-10-6-4-7-11-19)20-12-8-5-9-13-20/h4-13,18,24H,14-17H2,1-3H3,(H2,26,31). The maximum absolute atomic E-state index is 13.2. The first-order chi connectivity index (χ1) is 15.9. The van der Waals surface area contributed by atoms with Crippen LogP contribution in [0.3, 0.4) is 0 Å². The number of nitrogens with zero attached hydrogens (tertiary/aromatic N) is 4. The van der Waals surface area contributed by atoms with Gasteiger partial charge in [0.25, 0.3) is 0 Å². The lowest BCUT2D eigenvalue weighted by molar-refractivity contribution is -0.128. The molecule has 0 aliphatic carbocycles. The number of aromatic nitrogens is 3. The second-order valence-electron chi connectivity index (χ2n) is 8.39. The Morgan fingerprint density at radius 1 is 1.00 bits per heavy atom. The molecule has 3 aromatic rings. The first-order valence-corrected chi connectivity index (χ1v) is 12.0. The number of benzene rings is 2. The second-order valence-corrected chi connectivity index (χ2v) is 9.33. The normalized spacial score (nSPS) is 11.2. The first-order valence-electron chi connectivity index (χ1n) is 11.1. The molecule has 0 spiro atoms. The highest BCUT2D eigenvalue weighted by molar-refractivity contribution is 7.99. The van der Waals surface area contributed by atoms with E-state index in [1.807, 2.05) is 72.3 Å². The lowest BCUT2D eigenvalue weighted by Gasteiger charge is -2.29. The molecule has 2 N–H and O–H groups in total. The van der Waals surface area contributed by atoms with Crippen LogP contribution in [-0.4, -0.2) is 44.3 Å². The molecular formula is C25H31N5O2S. The van der Waals surface area contributed by atoms with Gasteiger partial charge in [0.15, 0.2) is 5.16 Å². The molecule has 0 aliphatic heterocycles. The minimum atomic E-state index is -0.368. The maximum Gasteiger partial charge on any atom is 0.233 e. The molecule has 0 bridgehead atoms. The predicted octanol–water partition coefficient (Wildman–Crippen LogP) is 3.69. The van der Waals surface area contributed by atoms with Crippen molar-refractivity contribution in [3.8, 4) is 0 Å². The average molecular weight is 466 g/mol. The summed E-state index contributed by atoms with van der Waals surface area (Å²) in [4.78, 5) is 26.2. The monoisotopic (exact) mass is 465 g/mol. The Kier molecular flexibility index (Phi) is 8.65. The summed E-state index contributed by atoms with van der Waals surface area (Å²) in [5.41, 5.74) is 7.42. The van der Waals surface area contributed by atoms with Crippen molar-refractivity contribution < 1.29 is 9.59 Å². The van der Waals surface area contributed by atoms with Crippen LogP contribution in [0.5, 0.6) is 0 Å². The van der Waals surface area contributed by atoms with Gasteiger partial charge in [0.05, 0.1) is 11.8 Å². The molecule has 0 aliphatic rings. The summed E-state index contributed by atoms with van der Waals surface area (Å²) >= 11 is 1.37. The first kappa shape index (κ1) is 24.5.